The van der Waals surface area contributed by atoms with E-state index in [-0.39, 0.29) is 16.7 Å². The predicted molar refractivity (Wildman–Crippen MR) is 158 cm³/mol. The first-order chi connectivity index (χ1) is 19.6. The maximum absolute atomic E-state index is 13.9. The number of sulfonamides is 1. The third-order valence-electron chi connectivity index (χ3n) is 7.96. The van der Waals surface area contributed by atoms with Crippen LogP contribution >= 0.6 is 0 Å². The van der Waals surface area contributed by atoms with Crippen molar-refractivity contribution in [3.8, 4) is 0 Å². The maximum atomic E-state index is 13.9. The summed E-state index contributed by atoms with van der Waals surface area (Å²) in [5, 5.41) is 0.475. The first-order valence-corrected chi connectivity index (χ1v) is 15.8. The van der Waals surface area contributed by atoms with Crippen LogP contribution in [-0.2, 0) is 34.8 Å². The number of nitrogens with zero attached hydrogens (tertiary/aromatic N) is 3. The quantitative estimate of drug-likeness (QED) is 0.278. The smallest absolute Gasteiger partial charge is 0.241 e. The van der Waals surface area contributed by atoms with Gasteiger partial charge in [-0.2, -0.15) is 0 Å². The zero-order valence-corrected chi connectivity index (χ0v) is 25.2. The number of carbonyl (C=O) groups is 1. The van der Waals surface area contributed by atoms with Gasteiger partial charge >= 0.3 is 0 Å². The Labute approximate surface area is 247 Å². The van der Waals surface area contributed by atoms with Gasteiger partial charge in [0, 0.05) is 37.3 Å². The second-order valence-electron chi connectivity index (χ2n) is 10.8. The summed E-state index contributed by atoms with van der Waals surface area (Å²) in [6, 6.07) is 22.0. The number of nitrogens with one attached hydrogen (secondary N) is 1. The van der Waals surface area contributed by atoms with E-state index in [9.17, 15) is 13.2 Å². The van der Waals surface area contributed by atoms with Crippen LogP contribution in [0.4, 0.5) is 5.69 Å². The molecule has 1 amide bonds. The molecule has 2 atom stereocenters. The Morgan fingerprint density at radius 3 is 2.61 bits per heavy atom. The number of hydrogen-bond donors (Lipinski definition) is 1. The molecule has 214 valence electrons. The van der Waals surface area contributed by atoms with Crippen LogP contribution in [0.1, 0.15) is 66.4 Å². The summed E-state index contributed by atoms with van der Waals surface area (Å²) in [4.78, 5) is 20.3. The normalized spacial score (nSPS) is 15.8. The minimum atomic E-state index is -3.78. The Bertz CT molecular complexity index is 1650. The predicted octanol–water partition coefficient (Wildman–Crippen LogP) is 5.51. The highest BCUT2D eigenvalue weighted by atomic mass is 35.5. The minimum absolute atomic E-state index is 0.00430. The fraction of sp³-hybridized carbons (Fsp3) is 0.312. The van der Waals surface area contributed by atoms with Crippen molar-refractivity contribution in [3.63, 3.8) is 0 Å². The molecule has 41 heavy (non-hydrogen) atoms. The second kappa shape index (κ2) is 12.2. The molecule has 1 aromatic heterocycles. The molecule has 0 aliphatic heterocycles. The Morgan fingerprint density at radius 2 is 1.90 bits per heavy atom. The average molecular weight is 592 g/mol. The molecular weight excluding hydrogens is 556 g/mol. The van der Waals surface area contributed by atoms with Crippen molar-refractivity contribution in [2.45, 2.75) is 62.9 Å². The number of fused-ring (bicyclic) bond motifs is 1. The van der Waals surface area contributed by atoms with E-state index in [1.807, 2.05) is 67.1 Å². The van der Waals surface area contributed by atoms with Crippen LogP contribution in [-0.4, -0.2) is 23.9 Å². The van der Waals surface area contributed by atoms with E-state index < -0.39 is 16.1 Å². The molecule has 7 nitrogen and oxygen atoms in total. The van der Waals surface area contributed by atoms with Gasteiger partial charge in [-0.1, -0.05) is 49.4 Å². The summed E-state index contributed by atoms with van der Waals surface area (Å²) in [5.74, 6) is 0.903. The summed E-state index contributed by atoms with van der Waals surface area (Å²) >= 11 is 5.20. The number of hydrogen-bond acceptors (Lipinski definition) is 4. The number of anilines is 1. The molecule has 5 rings (SSSR count). The van der Waals surface area contributed by atoms with E-state index in [4.69, 9.17) is 11.6 Å². The van der Waals surface area contributed by atoms with Crippen molar-refractivity contribution >= 4 is 21.6 Å². The fourth-order valence-corrected chi connectivity index (χ4v) is 7.00. The Hall–Kier alpha value is -3.46. The molecular formula is C32H36ClN4O3S+. The maximum Gasteiger partial charge on any atom is 0.241 e. The van der Waals surface area contributed by atoms with Gasteiger partial charge in [-0.15, -0.1) is 0 Å². The number of rotatable bonds is 9. The van der Waals surface area contributed by atoms with Crippen LogP contribution in [0.3, 0.4) is 0 Å². The Morgan fingerprint density at radius 1 is 1.12 bits per heavy atom. The highest BCUT2D eigenvalue weighted by molar-refractivity contribution is 7.89. The lowest BCUT2D eigenvalue weighted by Crippen LogP contribution is -2.33. The molecule has 0 radical (unpaired) electrons. The molecule has 1 heterocycles. The number of amides is 1. The van der Waals surface area contributed by atoms with E-state index in [1.54, 1.807) is 29.3 Å². The van der Waals surface area contributed by atoms with Crippen molar-refractivity contribution in [1.82, 2.24) is 14.3 Å². The lowest BCUT2D eigenvalue weighted by Gasteiger charge is -2.30. The summed E-state index contributed by atoms with van der Waals surface area (Å²) in [5.41, 5.74) is 4.77. The van der Waals surface area contributed by atoms with Gasteiger partial charge < -0.3 is 9.47 Å². The molecule has 1 N–H and O–H groups in total. The Balaban J connectivity index is 1.47. The van der Waals surface area contributed by atoms with Crippen LogP contribution in [0, 0.1) is 18.5 Å². The van der Waals surface area contributed by atoms with Crippen LogP contribution < -0.4 is 9.62 Å². The SMILES string of the molecule is Cc1ncc(CN(C(=O)C[C@@H](C)c2ccccc2)c2ccc3c(c2)[C@@H](NS(=O)(=O)c2cccc([ClH+])c2)CCC3)n1C. The van der Waals surface area contributed by atoms with Gasteiger partial charge in [0.05, 0.1) is 23.3 Å². The summed E-state index contributed by atoms with van der Waals surface area (Å²) < 4.78 is 31.5. The molecule has 0 saturated heterocycles. The molecule has 1 aliphatic carbocycles. The number of benzene rings is 3. The number of halogens is 1. The molecule has 3 aromatic carbocycles. The molecule has 1 aliphatic rings. The largest absolute Gasteiger partial charge is 0.334 e. The first kappa shape index (κ1) is 29.0. The summed E-state index contributed by atoms with van der Waals surface area (Å²) in [6.45, 7) is 4.36. The standard InChI is InChI=1S/C32H36ClN4O3S/c1-22(24-9-5-4-6-10-24)17-32(38)37(21-28-20-34-23(2)36(28)3)27-16-15-25-11-7-14-31(30(25)19-27)35-41(39,40)29-13-8-12-26(33)18-29/h4-6,8-10,12-13,15-16,18-20,22,31,33,35H,7,11,14,17,21H2,1-3H3/q+1/t22-,31+/m1/s1. The van der Waals surface area contributed by atoms with E-state index in [1.165, 1.54) is 6.07 Å². The number of aryl methyl sites for hydroxylation is 2. The molecule has 0 unspecified atom stereocenters. The second-order valence-corrected chi connectivity index (χ2v) is 13.0. The minimum Gasteiger partial charge on any atom is -0.334 e. The highest BCUT2D eigenvalue weighted by Gasteiger charge is 2.28. The first-order valence-electron chi connectivity index (χ1n) is 13.9. The lowest BCUT2D eigenvalue weighted by molar-refractivity contribution is -0.289. The van der Waals surface area contributed by atoms with E-state index in [0.717, 1.165) is 46.7 Å². The summed E-state index contributed by atoms with van der Waals surface area (Å²) in [7, 11) is -1.83. The highest BCUT2D eigenvalue weighted by Crippen LogP contribution is 2.35. The van der Waals surface area contributed by atoms with Crippen molar-refractivity contribution in [2.75, 3.05) is 4.90 Å². The topological polar surface area (TPSA) is 84.3 Å². The summed E-state index contributed by atoms with van der Waals surface area (Å²) in [6.07, 6.45) is 4.54. The van der Waals surface area contributed by atoms with Crippen LogP contribution in [0.2, 0.25) is 5.02 Å². The molecule has 0 spiro atoms. The van der Waals surface area contributed by atoms with Crippen LogP contribution in [0.5, 0.6) is 0 Å². The lowest BCUT2D eigenvalue weighted by atomic mass is 9.87. The van der Waals surface area contributed by atoms with Gasteiger partial charge in [-0.25, -0.2) is 18.1 Å². The van der Waals surface area contributed by atoms with E-state index >= 15 is 0 Å². The van der Waals surface area contributed by atoms with Crippen molar-refractivity contribution in [1.29, 1.82) is 0 Å². The molecule has 9 heteroatoms. The molecule has 0 fully saturated rings. The molecule has 0 saturated carbocycles. The molecule has 4 aromatic rings. The van der Waals surface area contributed by atoms with Gasteiger partial charge in [-0.05, 0) is 67.0 Å². The fourth-order valence-electron chi connectivity index (χ4n) is 5.43. The van der Waals surface area contributed by atoms with Gasteiger partial charge in [0.1, 0.15) is 5.82 Å². The zero-order chi connectivity index (χ0) is 29.1. The van der Waals surface area contributed by atoms with Crippen LogP contribution in [0.15, 0.2) is 83.9 Å². The third-order valence-corrected chi connectivity index (χ3v) is 9.68. The van der Waals surface area contributed by atoms with Gasteiger partial charge in [0.15, 0.2) is 11.6 Å². The Kier molecular flexibility index (Phi) is 8.63. The van der Waals surface area contributed by atoms with Crippen molar-refractivity contribution in [3.05, 3.63) is 112 Å². The van der Waals surface area contributed by atoms with E-state index in [2.05, 4.69) is 16.6 Å². The average Bonchev–Trinajstić information content (AvgIpc) is 3.28. The van der Waals surface area contributed by atoms with Gasteiger partial charge in [-0.3, -0.25) is 4.79 Å². The monoisotopic (exact) mass is 591 g/mol. The molecule has 0 bridgehead atoms. The number of aromatic nitrogens is 2. The number of carbonyl (C=O) groups excluding carboxylic acids is 1. The number of imidazole rings is 1. The van der Waals surface area contributed by atoms with E-state index in [0.29, 0.717) is 24.4 Å². The van der Waals surface area contributed by atoms with Gasteiger partial charge in [0.2, 0.25) is 21.0 Å². The third kappa shape index (κ3) is 6.56. The zero-order valence-electron chi connectivity index (χ0n) is 23.6. The van der Waals surface area contributed by atoms with Gasteiger partial charge in [0.25, 0.3) is 0 Å². The van der Waals surface area contributed by atoms with Crippen LogP contribution in [0.25, 0.3) is 0 Å². The van der Waals surface area contributed by atoms with Crippen molar-refractivity contribution < 1.29 is 24.8 Å². The van der Waals surface area contributed by atoms with Crippen molar-refractivity contribution in [2.24, 2.45) is 7.05 Å².